The van der Waals surface area contributed by atoms with Gasteiger partial charge in [-0.05, 0) is 45.7 Å². The fourth-order valence-electron chi connectivity index (χ4n) is 2.39. The van der Waals surface area contributed by atoms with Gasteiger partial charge in [0, 0.05) is 19.1 Å². The number of nitrogens with zero attached hydrogens (tertiary/aromatic N) is 3. The monoisotopic (exact) mass is 322 g/mol. The van der Waals surface area contributed by atoms with Crippen LogP contribution in [0, 0.1) is 0 Å². The molecule has 0 aromatic carbocycles. The maximum absolute atomic E-state index is 11.8. The average Bonchev–Trinajstić information content (AvgIpc) is 2.45. The maximum atomic E-state index is 11.8. The van der Waals surface area contributed by atoms with E-state index in [0.29, 0.717) is 12.4 Å². The molecule has 0 aliphatic carbocycles. The van der Waals surface area contributed by atoms with Crippen LogP contribution in [0.5, 0.6) is 0 Å². The molecule has 8 nitrogen and oxygen atoms in total. The zero-order valence-corrected chi connectivity index (χ0v) is 13.6. The molecule has 0 saturated carbocycles. The highest BCUT2D eigenvalue weighted by atomic mass is 16.6. The predicted octanol–water partition coefficient (Wildman–Crippen LogP) is 1.67. The zero-order valence-electron chi connectivity index (χ0n) is 13.6. The molecular formula is C15H22N4O4. The highest BCUT2D eigenvalue weighted by molar-refractivity contribution is 5.85. The first-order chi connectivity index (χ1) is 10.7. The second-order valence-corrected chi connectivity index (χ2v) is 6.51. The van der Waals surface area contributed by atoms with Crippen molar-refractivity contribution in [2.75, 3.05) is 18.0 Å². The first-order valence-electron chi connectivity index (χ1n) is 7.56. The Kier molecular flexibility index (Phi) is 5.02. The van der Waals surface area contributed by atoms with Crippen LogP contribution >= 0.6 is 0 Å². The normalized spacial score (nSPS) is 18.4. The first-order valence-corrected chi connectivity index (χ1v) is 7.56. The van der Waals surface area contributed by atoms with Crippen LogP contribution in [0.4, 0.5) is 10.6 Å². The number of rotatable bonds is 3. The van der Waals surface area contributed by atoms with Crippen molar-refractivity contribution in [2.45, 2.75) is 45.3 Å². The summed E-state index contributed by atoms with van der Waals surface area (Å²) in [5.41, 5.74) is -0.620. The Labute approximate surface area is 134 Å². The van der Waals surface area contributed by atoms with Crippen LogP contribution in [0.2, 0.25) is 0 Å². The highest BCUT2D eigenvalue weighted by Gasteiger charge is 2.25. The molecule has 23 heavy (non-hydrogen) atoms. The van der Waals surface area contributed by atoms with Gasteiger partial charge in [-0.2, -0.15) is 0 Å². The van der Waals surface area contributed by atoms with Gasteiger partial charge in [-0.25, -0.2) is 9.59 Å². The molecule has 1 aromatic rings. The van der Waals surface area contributed by atoms with E-state index >= 15 is 0 Å². The molecule has 1 aliphatic rings. The van der Waals surface area contributed by atoms with Crippen molar-refractivity contribution >= 4 is 17.9 Å². The third kappa shape index (κ3) is 5.08. The minimum Gasteiger partial charge on any atom is -0.476 e. The molecule has 2 rings (SSSR count). The second kappa shape index (κ2) is 6.80. The average molecular weight is 322 g/mol. The number of aromatic nitrogens is 2. The van der Waals surface area contributed by atoms with E-state index in [0.717, 1.165) is 19.4 Å². The quantitative estimate of drug-likeness (QED) is 0.872. The van der Waals surface area contributed by atoms with E-state index in [2.05, 4.69) is 15.5 Å². The largest absolute Gasteiger partial charge is 0.476 e. The summed E-state index contributed by atoms with van der Waals surface area (Å²) in [4.78, 5) is 24.6. The lowest BCUT2D eigenvalue weighted by Gasteiger charge is -2.34. The molecule has 1 aliphatic heterocycles. The van der Waals surface area contributed by atoms with Gasteiger partial charge in [-0.15, -0.1) is 10.2 Å². The van der Waals surface area contributed by atoms with E-state index in [-0.39, 0.29) is 11.7 Å². The van der Waals surface area contributed by atoms with Crippen LogP contribution in [0.3, 0.4) is 0 Å². The van der Waals surface area contributed by atoms with Crippen LogP contribution in [0.15, 0.2) is 12.1 Å². The predicted molar refractivity (Wildman–Crippen MR) is 83.6 cm³/mol. The molecule has 0 spiro atoms. The van der Waals surface area contributed by atoms with Crippen LogP contribution in [-0.4, -0.2) is 52.1 Å². The summed E-state index contributed by atoms with van der Waals surface area (Å²) < 4.78 is 5.26. The molecule has 0 unspecified atom stereocenters. The van der Waals surface area contributed by atoms with E-state index in [1.807, 2.05) is 25.7 Å². The third-order valence-corrected chi connectivity index (χ3v) is 3.34. The van der Waals surface area contributed by atoms with Gasteiger partial charge in [-0.1, -0.05) is 0 Å². The number of aromatic carboxylic acids is 1. The lowest BCUT2D eigenvalue weighted by atomic mass is 10.1. The number of carbonyl (C=O) groups excluding carboxylic acids is 1. The van der Waals surface area contributed by atoms with E-state index in [1.165, 1.54) is 6.07 Å². The smallest absolute Gasteiger partial charge is 0.407 e. The lowest BCUT2D eigenvalue weighted by molar-refractivity contribution is 0.0499. The summed E-state index contributed by atoms with van der Waals surface area (Å²) in [5.74, 6) is -0.502. The minimum absolute atomic E-state index is 0.0421. The van der Waals surface area contributed by atoms with E-state index in [1.54, 1.807) is 6.07 Å². The Balaban J connectivity index is 1.95. The summed E-state index contributed by atoms with van der Waals surface area (Å²) >= 11 is 0. The number of ether oxygens (including phenoxy) is 1. The number of hydrogen-bond donors (Lipinski definition) is 2. The van der Waals surface area contributed by atoms with Crippen LogP contribution in [-0.2, 0) is 4.74 Å². The van der Waals surface area contributed by atoms with E-state index in [4.69, 9.17) is 9.84 Å². The Morgan fingerprint density at radius 1 is 1.35 bits per heavy atom. The van der Waals surface area contributed by atoms with Gasteiger partial charge in [0.25, 0.3) is 0 Å². The van der Waals surface area contributed by atoms with Crippen molar-refractivity contribution in [1.29, 1.82) is 0 Å². The molecule has 2 heterocycles. The summed E-state index contributed by atoms with van der Waals surface area (Å²) in [5, 5.41) is 19.3. The molecule has 2 N–H and O–H groups in total. The number of piperidine rings is 1. The summed E-state index contributed by atoms with van der Waals surface area (Å²) in [7, 11) is 0. The maximum Gasteiger partial charge on any atom is 0.407 e. The minimum atomic E-state index is -1.10. The first kappa shape index (κ1) is 17.0. The number of carbonyl (C=O) groups is 2. The second-order valence-electron chi connectivity index (χ2n) is 6.51. The van der Waals surface area contributed by atoms with Gasteiger partial charge in [0.15, 0.2) is 11.5 Å². The molecule has 126 valence electrons. The molecule has 1 amide bonds. The molecule has 1 atom stereocenters. The van der Waals surface area contributed by atoms with Gasteiger partial charge in [0.05, 0.1) is 0 Å². The molecule has 0 bridgehead atoms. The topological polar surface area (TPSA) is 105 Å². The van der Waals surface area contributed by atoms with Gasteiger partial charge < -0.3 is 20.1 Å². The van der Waals surface area contributed by atoms with Crippen molar-refractivity contribution in [3.63, 3.8) is 0 Å². The third-order valence-electron chi connectivity index (χ3n) is 3.34. The number of anilines is 1. The lowest BCUT2D eigenvalue weighted by Crippen LogP contribution is -2.49. The van der Waals surface area contributed by atoms with Crippen molar-refractivity contribution in [3.05, 3.63) is 17.8 Å². The van der Waals surface area contributed by atoms with Crippen molar-refractivity contribution < 1.29 is 19.4 Å². The molecule has 0 radical (unpaired) electrons. The SMILES string of the molecule is CC(C)(C)OC(=O)N[C@H]1CCCN(c2ccc(C(=O)O)nn2)C1. The molecule has 8 heteroatoms. The fraction of sp³-hybridized carbons (Fsp3) is 0.600. The molecule has 1 aromatic heterocycles. The highest BCUT2D eigenvalue weighted by Crippen LogP contribution is 2.18. The summed E-state index contributed by atoms with van der Waals surface area (Å²) in [6, 6.07) is 3.02. The standard InChI is InChI=1S/C15H22N4O4/c1-15(2,3)23-14(22)16-10-5-4-8-19(9-10)12-7-6-11(13(20)21)17-18-12/h6-7,10H,4-5,8-9H2,1-3H3,(H,16,22)(H,20,21)/t10-/m0/s1. The summed E-state index contributed by atoms with van der Waals surface area (Å²) in [6.07, 6.45) is 1.32. The number of nitrogens with one attached hydrogen (secondary N) is 1. The van der Waals surface area contributed by atoms with Crippen LogP contribution in [0.1, 0.15) is 44.1 Å². The number of carboxylic acids is 1. The van der Waals surface area contributed by atoms with Crippen LogP contribution < -0.4 is 10.2 Å². The fourth-order valence-corrected chi connectivity index (χ4v) is 2.39. The van der Waals surface area contributed by atoms with Gasteiger partial charge >= 0.3 is 12.1 Å². The van der Waals surface area contributed by atoms with E-state index < -0.39 is 17.7 Å². The Bertz CT molecular complexity index is 568. The van der Waals surface area contributed by atoms with Crippen molar-refractivity contribution in [1.82, 2.24) is 15.5 Å². The Morgan fingerprint density at radius 3 is 2.65 bits per heavy atom. The number of amides is 1. The Hall–Kier alpha value is -2.38. The van der Waals surface area contributed by atoms with E-state index in [9.17, 15) is 9.59 Å². The number of carboxylic acid groups (broad SMARTS) is 1. The Morgan fingerprint density at radius 2 is 2.09 bits per heavy atom. The van der Waals surface area contributed by atoms with Crippen molar-refractivity contribution in [3.8, 4) is 0 Å². The molecular weight excluding hydrogens is 300 g/mol. The van der Waals surface area contributed by atoms with Gasteiger partial charge in [0.2, 0.25) is 0 Å². The number of hydrogen-bond acceptors (Lipinski definition) is 6. The van der Waals surface area contributed by atoms with Crippen LogP contribution in [0.25, 0.3) is 0 Å². The van der Waals surface area contributed by atoms with Crippen molar-refractivity contribution in [2.24, 2.45) is 0 Å². The van der Waals surface area contributed by atoms with Gasteiger partial charge in [0.1, 0.15) is 5.60 Å². The number of alkyl carbamates (subject to hydrolysis) is 1. The zero-order chi connectivity index (χ0) is 17.0. The van der Waals surface area contributed by atoms with Gasteiger partial charge in [-0.3, -0.25) is 0 Å². The molecule has 1 saturated heterocycles. The summed E-state index contributed by atoms with van der Waals surface area (Å²) in [6.45, 7) is 6.83. The molecule has 1 fully saturated rings.